The molecule has 112 valence electrons. The molecule has 21 heavy (non-hydrogen) atoms. The second kappa shape index (κ2) is 6.87. The molecular formula is C15H14Cl2FNO2. The minimum Gasteiger partial charge on any atom is -0.504 e. The van der Waals surface area contributed by atoms with Crippen molar-refractivity contribution >= 4 is 28.9 Å². The Kier molecular flexibility index (Phi) is 5.15. The van der Waals surface area contributed by atoms with E-state index >= 15 is 0 Å². The number of nitrogens with one attached hydrogen (secondary N) is 1. The molecule has 0 saturated carbocycles. The summed E-state index contributed by atoms with van der Waals surface area (Å²) in [7, 11) is 0. The van der Waals surface area contributed by atoms with E-state index in [2.05, 4.69) is 5.32 Å². The van der Waals surface area contributed by atoms with Crippen LogP contribution in [-0.2, 0) is 6.54 Å². The lowest BCUT2D eigenvalue weighted by atomic mass is 10.2. The number of anilines is 1. The molecule has 0 aromatic heterocycles. The summed E-state index contributed by atoms with van der Waals surface area (Å²) in [5.41, 5.74) is 1.21. The molecule has 0 atom stereocenters. The molecule has 2 aromatic rings. The Morgan fingerprint density at radius 1 is 1.24 bits per heavy atom. The summed E-state index contributed by atoms with van der Waals surface area (Å²) in [5.74, 6) is -0.150. The lowest BCUT2D eigenvalue weighted by Gasteiger charge is -2.12. The molecule has 2 rings (SSSR count). The largest absolute Gasteiger partial charge is 0.504 e. The van der Waals surface area contributed by atoms with Gasteiger partial charge in [-0.25, -0.2) is 4.39 Å². The third-order valence-corrected chi connectivity index (χ3v) is 3.40. The normalized spacial score (nSPS) is 10.5. The second-order valence-electron chi connectivity index (χ2n) is 4.30. The van der Waals surface area contributed by atoms with E-state index in [1.807, 2.05) is 6.92 Å². The average molecular weight is 330 g/mol. The summed E-state index contributed by atoms with van der Waals surface area (Å²) >= 11 is 11.5. The predicted molar refractivity (Wildman–Crippen MR) is 83.0 cm³/mol. The van der Waals surface area contributed by atoms with E-state index in [1.54, 1.807) is 18.2 Å². The van der Waals surface area contributed by atoms with Crippen LogP contribution in [0.15, 0.2) is 30.3 Å². The zero-order valence-electron chi connectivity index (χ0n) is 11.3. The molecule has 0 bridgehead atoms. The monoisotopic (exact) mass is 329 g/mol. The Morgan fingerprint density at radius 3 is 2.52 bits per heavy atom. The second-order valence-corrected chi connectivity index (χ2v) is 5.12. The van der Waals surface area contributed by atoms with E-state index in [9.17, 15) is 9.50 Å². The number of hydrogen-bond acceptors (Lipinski definition) is 3. The summed E-state index contributed by atoms with van der Waals surface area (Å²) in [6.45, 7) is 2.63. The molecule has 0 fully saturated rings. The highest BCUT2D eigenvalue weighted by molar-refractivity contribution is 6.35. The van der Waals surface area contributed by atoms with Crippen LogP contribution in [0.4, 0.5) is 10.1 Å². The maximum absolute atomic E-state index is 13.3. The van der Waals surface area contributed by atoms with Crippen LogP contribution in [-0.4, -0.2) is 11.7 Å². The first-order valence-electron chi connectivity index (χ1n) is 6.35. The van der Waals surface area contributed by atoms with Gasteiger partial charge in [-0.2, -0.15) is 0 Å². The van der Waals surface area contributed by atoms with Crippen LogP contribution in [0.1, 0.15) is 12.5 Å². The molecule has 0 spiro atoms. The van der Waals surface area contributed by atoms with E-state index < -0.39 is 5.82 Å². The zero-order valence-corrected chi connectivity index (χ0v) is 12.8. The van der Waals surface area contributed by atoms with Crippen LogP contribution in [0, 0.1) is 5.82 Å². The molecule has 0 unspecified atom stereocenters. The molecule has 0 radical (unpaired) electrons. The topological polar surface area (TPSA) is 41.5 Å². The Labute approximate surface area is 132 Å². The minimum absolute atomic E-state index is 0.0581. The van der Waals surface area contributed by atoms with Crippen molar-refractivity contribution < 1.29 is 14.2 Å². The molecule has 2 aromatic carbocycles. The molecule has 0 aliphatic heterocycles. The van der Waals surface area contributed by atoms with Gasteiger partial charge < -0.3 is 15.2 Å². The van der Waals surface area contributed by atoms with E-state index in [4.69, 9.17) is 27.9 Å². The zero-order chi connectivity index (χ0) is 15.4. The minimum atomic E-state index is -0.648. The fourth-order valence-corrected chi connectivity index (χ4v) is 2.32. The van der Waals surface area contributed by atoms with Crippen molar-refractivity contribution in [1.82, 2.24) is 0 Å². The first kappa shape index (κ1) is 15.7. The van der Waals surface area contributed by atoms with E-state index in [0.29, 0.717) is 30.2 Å². The number of rotatable bonds is 5. The van der Waals surface area contributed by atoms with Crippen LogP contribution in [0.5, 0.6) is 11.5 Å². The van der Waals surface area contributed by atoms with E-state index in [-0.39, 0.29) is 15.8 Å². The summed E-state index contributed by atoms with van der Waals surface area (Å²) in [5, 5.41) is 13.0. The van der Waals surface area contributed by atoms with Crippen molar-refractivity contribution in [3.63, 3.8) is 0 Å². The van der Waals surface area contributed by atoms with Gasteiger partial charge in [0.1, 0.15) is 0 Å². The van der Waals surface area contributed by atoms with Crippen molar-refractivity contribution in [2.24, 2.45) is 0 Å². The Balaban J connectivity index is 2.15. The first-order chi connectivity index (χ1) is 10.0. The summed E-state index contributed by atoms with van der Waals surface area (Å²) in [4.78, 5) is 0. The smallest absolute Gasteiger partial charge is 0.162 e. The van der Waals surface area contributed by atoms with Gasteiger partial charge in [0.2, 0.25) is 0 Å². The summed E-state index contributed by atoms with van der Waals surface area (Å²) < 4.78 is 18.6. The van der Waals surface area contributed by atoms with Gasteiger partial charge in [-0.15, -0.1) is 0 Å². The lowest BCUT2D eigenvalue weighted by molar-refractivity contribution is 0.317. The van der Waals surface area contributed by atoms with Crippen LogP contribution in [0.2, 0.25) is 10.0 Å². The van der Waals surface area contributed by atoms with Crippen LogP contribution in [0.25, 0.3) is 0 Å². The lowest BCUT2D eigenvalue weighted by Crippen LogP contribution is -2.01. The van der Waals surface area contributed by atoms with Crippen molar-refractivity contribution in [2.45, 2.75) is 13.5 Å². The number of benzene rings is 2. The molecule has 0 saturated heterocycles. The number of ether oxygens (including phenoxy) is 1. The van der Waals surface area contributed by atoms with Gasteiger partial charge in [0.25, 0.3) is 0 Å². The van der Waals surface area contributed by atoms with Gasteiger partial charge in [-0.3, -0.25) is 0 Å². The Bertz CT molecular complexity index is 627. The molecule has 6 heteroatoms. The van der Waals surface area contributed by atoms with Gasteiger partial charge >= 0.3 is 0 Å². The predicted octanol–water partition coefficient (Wildman–Crippen LogP) is 4.85. The number of phenols is 1. The third kappa shape index (κ3) is 3.71. The fraction of sp³-hybridized carbons (Fsp3) is 0.200. The summed E-state index contributed by atoms with van der Waals surface area (Å²) in [6.07, 6.45) is 0. The number of halogens is 3. The number of phenolic OH excluding ortho intramolecular Hbond substituents is 1. The Hall–Kier alpha value is -1.65. The number of aromatic hydroxyl groups is 1. The Morgan fingerprint density at radius 2 is 1.90 bits per heavy atom. The van der Waals surface area contributed by atoms with Gasteiger partial charge in [0.05, 0.1) is 16.7 Å². The van der Waals surface area contributed by atoms with Crippen molar-refractivity contribution in [3.8, 4) is 11.5 Å². The van der Waals surface area contributed by atoms with Crippen LogP contribution >= 0.6 is 23.2 Å². The van der Waals surface area contributed by atoms with Crippen molar-refractivity contribution in [1.29, 1.82) is 0 Å². The standard InChI is InChI=1S/C15H14Cl2FNO2/c1-2-21-13-5-3-4-9(15(13)20)8-19-10-6-11(16)14(18)12(17)7-10/h3-7,19-20H,2,8H2,1H3. The molecule has 0 aliphatic carbocycles. The third-order valence-electron chi connectivity index (χ3n) is 2.85. The molecule has 0 heterocycles. The van der Waals surface area contributed by atoms with Crippen LogP contribution in [0.3, 0.4) is 0 Å². The van der Waals surface area contributed by atoms with Crippen molar-refractivity contribution in [2.75, 3.05) is 11.9 Å². The highest BCUT2D eigenvalue weighted by Crippen LogP contribution is 2.31. The maximum Gasteiger partial charge on any atom is 0.162 e. The number of para-hydroxylation sites is 1. The van der Waals surface area contributed by atoms with E-state index in [0.717, 1.165) is 0 Å². The van der Waals surface area contributed by atoms with Gasteiger partial charge in [0, 0.05) is 17.8 Å². The highest BCUT2D eigenvalue weighted by Gasteiger charge is 2.10. The molecule has 0 aliphatic rings. The van der Waals surface area contributed by atoms with Crippen molar-refractivity contribution in [3.05, 3.63) is 51.8 Å². The van der Waals surface area contributed by atoms with Gasteiger partial charge in [0.15, 0.2) is 17.3 Å². The van der Waals surface area contributed by atoms with Gasteiger partial charge in [-0.1, -0.05) is 35.3 Å². The molecule has 2 N–H and O–H groups in total. The number of hydrogen-bond donors (Lipinski definition) is 2. The highest BCUT2D eigenvalue weighted by atomic mass is 35.5. The fourth-order valence-electron chi connectivity index (χ4n) is 1.84. The SMILES string of the molecule is CCOc1cccc(CNc2cc(Cl)c(F)c(Cl)c2)c1O. The average Bonchev–Trinajstić information content (AvgIpc) is 2.45. The van der Waals surface area contributed by atoms with E-state index in [1.165, 1.54) is 12.1 Å². The van der Waals surface area contributed by atoms with Crippen LogP contribution < -0.4 is 10.1 Å². The van der Waals surface area contributed by atoms with Gasteiger partial charge in [-0.05, 0) is 25.1 Å². The molecule has 0 amide bonds. The molecule has 3 nitrogen and oxygen atoms in total. The first-order valence-corrected chi connectivity index (χ1v) is 7.10. The molecular weight excluding hydrogens is 316 g/mol. The quantitative estimate of drug-likeness (QED) is 0.770. The summed E-state index contributed by atoms with van der Waals surface area (Å²) in [6, 6.07) is 8.11. The maximum atomic E-state index is 13.3.